The van der Waals surface area contributed by atoms with Gasteiger partial charge in [-0.3, -0.25) is 9.59 Å². The number of hydrogen-bond donors (Lipinski definition) is 1. The lowest BCUT2D eigenvalue weighted by Crippen LogP contribution is -2.14. The number of ketones is 1. The second-order valence-electron chi connectivity index (χ2n) is 6.97. The number of benzene rings is 2. The van der Waals surface area contributed by atoms with E-state index in [1.807, 2.05) is 0 Å². The molecule has 0 aliphatic carbocycles. The Hall–Kier alpha value is -3.22. The summed E-state index contributed by atoms with van der Waals surface area (Å²) in [4.78, 5) is 24.8. The van der Waals surface area contributed by atoms with Gasteiger partial charge in [-0.2, -0.15) is 0 Å². The van der Waals surface area contributed by atoms with Crippen LogP contribution in [0, 0.1) is 0 Å². The zero-order valence-corrected chi connectivity index (χ0v) is 18.7. The van der Waals surface area contributed by atoms with Crippen LogP contribution in [0.2, 0.25) is 0 Å². The molecule has 0 heterocycles. The van der Waals surface area contributed by atoms with Gasteiger partial charge in [-0.1, -0.05) is 19.8 Å². The van der Waals surface area contributed by atoms with Gasteiger partial charge in [0.05, 0.1) is 27.9 Å². The minimum Gasteiger partial charge on any atom is -0.494 e. The summed E-state index contributed by atoms with van der Waals surface area (Å²) >= 11 is 0. The number of hydrogen-bond acceptors (Lipinski definition) is 6. The van der Waals surface area contributed by atoms with E-state index in [2.05, 4.69) is 12.2 Å². The third-order valence-corrected chi connectivity index (χ3v) is 4.72. The monoisotopic (exact) mass is 429 g/mol. The fraction of sp³-hybridized carbons (Fsp3) is 0.417. The Morgan fingerprint density at radius 1 is 0.871 bits per heavy atom. The predicted molar refractivity (Wildman–Crippen MR) is 120 cm³/mol. The number of carbonyl (C=O) groups is 2. The van der Waals surface area contributed by atoms with Crippen LogP contribution in [-0.4, -0.2) is 39.6 Å². The van der Waals surface area contributed by atoms with Crippen LogP contribution in [0.15, 0.2) is 36.4 Å². The van der Waals surface area contributed by atoms with Crippen molar-refractivity contribution in [3.8, 4) is 23.0 Å². The molecule has 1 N–H and O–H groups in total. The van der Waals surface area contributed by atoms with Crippen molar-refractivity contribution in [2.75, 3.05) is 33.3 Å². The van der Waals surface area contributed by atoms with Gasteiger partial charge in [-0.25, -0.2) is 0 Å². The van der Waals surface area contributed by atoms with E-state index in [1.54, 1.807) is 36.4 Å². The van der Waals surface area contributed by atoms with Gasteiger partial charge in [0.1, 0.15) is 5.75 Å². The first-order valence-corrected chi connectivity index (χ1v) is 10.4. The number of carbonyl (C=O) groups excluding carboxylic acids is 2. The molecule has 2 aromatic rings. The molecule has 0 aliphatic rings. The van der Waals surface area contributed by atoms with E-state index < -0.39 is 0 Å². The molecular formula is C24H31NO6. The Morgan fingerprint density at radius 3 is 2.06 bits per heavy atom. The van der Waals surface area contributed by atoms with Crippen molar-refractivity contribution in [3.63, 3.8) is 0 Å². The normalized spacial score (nSPS) is 10.3. The number of anilines is 1. The quantitative estimate of drug-likeness (QED) is 0.361. The molecule has 7 heteroatoms. The van der Waals surface area contributed by atoms with Crippen LogP contribution in [0.4, 0.5) is 5.69 Å². The van der Waals surface area contributed by atoms with E-state index in [1.165, 1.54) is 21.3 Å². The van der Waals surface area contributed by atoms with Crippen molar-refractivity contribution in [3.05, 3.63) is 42.0 Å². The second-order valence-corrected chi connectivity index (χ2v) is 6.97. The lowest BCUT2D eigenvalue weighted by molar-refractivity contribution is -0.116. The summed E-state index contributed by atoms with van der Waals surface area (Å²) in [6, 6.07) is 10.3. The summed E-state index contributed by atoms with van der Waals surface area (Å²) < 4.78 is 21.5. The Morgan fingerprint density at radius 2 is 1.52 bits per heavy atom. The van der Waals surface area contributed by atoms with Gasteiger partial charge >= 0.3 is 0 Å². The SMILES string of the molecule is CCCCCOc1ccc(C(=O)CCC(=O)Nc2cc(OC)c(OC)c(OC)c2)cc1. The van der Waals surface area contributed by atoms with Crippen molar-refractivity contribution in [2.24, 2.45) is 0 Å². The van der Waals surface area contributed by atoms with Gasteiger partial charge in [0.15, 0.2) is 17.3 Å². The summed E-state index contributed by atoms with van der Waals surface area (Å²) in [5, 5.41) is 2.77. The Balaban J connectivity index is 1.89. The summed E-state index contributed by atoms with van der Waals surface area (Å²) in [5.74, 6) is 1.68. The van der Waals surface area contributed by atoms with Gasteiger partial charge in [-0.15, -0.1) is 0 Å². The lowest BCUT2D eigenvalue weighted by Gasteiger charge is -2.14. The van der Waals surface area contributed by atoms with Gasteiger partial charge in [0, 0.05) is 36.2 Å². The number of nitrogens with one attached hydrogen (secondary N) is 1. The third kappa shape index (κ3) is 7.20. The molecule has 0 saturated heterocycles. The van der Waals surface area contributed by atoms with Crippen LogP contribution in [-0.2, 0) is 4.79 Å². The molecule has 2 rings (SSSR count). The number of unbranched alkanes of at least 4 members (excludes halogenated alkanes) is 2. The van der Waals surface area contributed by atoms with Crippen molar-refractivity contribution in [1.29, 1.82) is 0 Å². The van der Waals surface area contributed by atoms with E-state index in [0.29, 0.717) is 35.1 Å². The maximum Gasteiger partial charge on any atom is 0.224 e. The smallest absolute Gasteiger partial charge is 0.224 e. The van der Waals surface area contributed by atoms with Crippen LogP contribution in [0.3, 0.4) is 0 Å². The first kappa shape index (κ1) is 24.1. The first-order chi connectivity index (χ1) is 15.0. The number of Topliss-reactive ketones (excluding diaryl/α,β-unsaturated/α-hetero) is 1. The molecular weight excluding hydrogens is 398 g/mol. The summed E-state index contributed by atoms with van der Waals surface area (Å²) in [7, 11) is 4.52. The Bertz CT molecular complexity index is 838. The number of amides is 1. The second kappa shape index (κ2) is 12.5. The van der Waals surface area contributed by atoms with E-state index >= 15 is 0 Å². The van der Waals surface area contributed by atoms with Crippen molar-refractivity contribution >= 4 is 17.4 Å². The summed E-state index contributed by atoms with van der Waals surface area (Å²) in [5.41, 5.74) is 1.05. The average Bonchev–Trinajstić information content (AvgIpc) is 2.80. The van der Waals surface area contributed by atoms with Crippen LogP contribution in [0.1, 0.15) is 49.4 Å². The fourth-order valence-corrected chi connectivity index (χ4v) is 3.03. The third-order valence-electron chi connectivity index (χ3n) is 4.72. The van der Waals surface area contributed by atoms with Crippen molar-refractivity contribution in [2.45, 2.75) is 39.0 Å². The highest BCUT2D eigenvalue weighted by atomic mass is 16.5. The van der Waals surface area contributed by atoms with Crippen LogP contribution >= 0.6 is 0 Å². The Kier molecular flexibility index (Phi) is 9.68. The zero-order chi connectivity index (χ0) is 22.6. The first-order valence-electron chi connectivity index (χ1n) is 10.4. The molecule has 31 heavy (non-hydrogen) atoms. The van der Waals surface area contributed by atoms with Gasteiger partial charge in [-0.05, 0) is 30.7 Å². The standard InChI is InChI=1S/C24H31NO6/c1-5-6-7-14-31-19-10-8-17(9-11-19)20(26)12-13-23(27)25-18-15-21(28-2)24(30-4)22(16-18)29-3/h8-11,15-16H,5-7,12-14H2,1-4H3,(H,25,27). The van der Waals surface area contributed by atoms with Crippen LogP contribution in [0.5, 0.6) is 23.0 Å². The molecule has 2 aromatic carbocycles. The van der Waals surface area contributed by atoms with E-state index in [9.17, 15) is 9.59 Å². The number of rotatable bonds is 13. The highest BCUT2D eigenvalue weighted by molar-refractivity contribution is 6.00. The summed E-state index contributed by atoms with van der Waals surface area (Å²) in [6.07, 6.45) is 3.45. The average molecular weight is 430 g/mol. The largest absolute Gasteiger partial charge is 0.494 e. The number of ether oxygens (including phenoxy) is 4. The molecule has 0 atom stereocenters. The van der Waals surface area contributed by atoms with Crippen LogP contribution in [0.25, 0.3) is 0 Å². The highest BCUT2D eigenvalue weighted by Gasteiger charge is 2.15. The highest BCUT2D eigenvalue weighted by Crippen LogP contribution is 2.39. The molecule has 0 aliphatic heterocycles. The van der Waals surface area contributed by atoms with Gasteiger partial charge in [0.25, 0.3) is 0 Å². The lowest BCUT2D eigenvalue weighted by atomic mass is 10.1. The van der Waals surface area contributed by atoms with Crippen molar-refractivity contribution < 1.29 is 28.5 Å². The molecule has 7 nitrogen and oxygen atoms in total. The molecule has 0 bridgehead atoms. The molecule has 0 spiro atoms. The molecule has 0 saturated carbocycles. The Labute approximate surface area is 183 Å². The molecule has 0 aromatic heterocycles. The fourth-order valence-electron chi connectivity index (χ4n) is 3.03. The van der Waals surface area contributed by atoms with Gasteiger partial charge in [0.2, 0.25) is 11.7 Å². The van der Waals surface area contributed by atoms with Gasteiger partial charge < -0.3 is 24.3 Å². The molecule has 0 fully saturated rings. The van der Waals surface area contributed by atoms with E-state index in [0.717, 1.165) is 25.0 Å². The molecule has 1 amide bonds. The maximum absolute atomic E-state index is 12.4. The number of methoxy groups -OCH3 is 3. The minimum absolute atomic E-state index is 0.0603. The zero-order valence-electron chi connectivity index (χ0n) is 18.7. The van der Waals surface area contributed by atoms with Crippen molar-refractivity contribution in [1.82, 2.24) is 0 Å². The molecule has 168 valence electrons. The predicted octanol–water partition coefficient (Wildman–Crippen LogP) is 4.88. The molecule has 0 unspecified atom stereocenters. The maximum atomic E-state index is 12.4. The summed E-state index contributed by atoms with van der Waals surface area (Å²) in [6.45, 7) is 2.81. The van der Waals surface area contributed by atoms with Crippen LogP contribution < -0.4 is 24.3 Å². The van der Waals surface area contributed by atoms with E-state index in [4.69, 9.17) is 18.9 Å². The minimum atomic E-state index is -0.279. The molecule has 0 radical (unpaired) electrons. The van der Waals surface area contributed by atoms with E-state index in [-0.39, 0.29) is 24.5 Å². The topological polar surface area (TPSA) is 83.1 Å².